The SMILES string of the molecule is COc1cc(C2C3=C(CCCC3=O)N(C)C3=C2C(=O)CCC3)ccc1OCC(=O)Nc1ccc(Cl)c(Cl)c1. The Balaban J connectivity index is 1.42. The smallest absolute Gasteiger partial charge is 0.262 e. The molecular weight excluding hydrogens is 527 g/mol. The lowest BCUT2D eigenvalue weighted by atomic mass is 9.71. The number of anilines is 1. The Morgan fingerprint density at radius 3 is 2.18 bits per heavy atom. The number of benzene rings is 2. The van der Waals surface area contributed by atoms with Crippen molar-refractivity contribution in [2.75, 3.05) is 26.1 Å². The number of carbonyl (C=O) groups is 3. The zero-order valence-electron chi connectivity index (χ0n) is 21.2. The maximum absolute atomic E-state index is 13.2. The number of hydrogen-bond donors (Lipinski definition) is 1. The number of Topliss-reactive ketones (excluding diaryl/α,β-unsaturated/α-hetero) is 2. The van der Waals surface area contributed by atoms with E-state index in [-0.39, 0.29) is 24.1 Å². The highest BCUT2D eigenvalue weighted by Crippen LogP contribution is 2.49. The Kier molecular flexibility index (Phi) is 7.50. The monoisotopic (exact) mass is 554 g/mol. The van der Waals surface area contributed by atoms with Gasteiger partial charge in [0.1, 0.15) is 0 Å². The van der Waals surface area contributed by atoms with Crippen molar-refractivity contribution in [1.29, 1.82) is 0 Å². The van der Waals surface area contributed by atoms with Crippen molar-refractivity contribution in [2.24, 2.45) is 0 Å². The van der Waals surface area contributed by atoms with E-state index in [9.17, 15) is 14.4 Å². The molecule has 1 amide bonds. The summed E-state index contributed by atoms with van der Waals surface area (Å²) in [4.78, 5) is 40.9. The molecule has 2 aliphatic carbocycles. The largest absolute Gasteiger partial charge is 0.493 e. The number of ether oxygens (including phenoxy) is 2. The number of allylic oxidation sites excluding steroid dienone is 4. The molecule has 1 heterocycles. The lowest BCUT2D eigenvalue weighted by molar-refractivity contribution is -0.118. The van der Waals surface area contributed by atoms with Crippen molar-refractivity contribution in [3.63, 3.8) is 0 Å². The van der Waals surface area contributed by atoms with Crippen molar-refractivity contribution in [3.8, 4) is 11.5 Å². The molecule has 9 heteroatoms. The summed E-state index contributed by atoms with van der Waals surface area (Å²) in [5, 5.41) is 3.45. The Morgan fingerprint density at radius 1 is 0.921 bits per heavy atom. The van der Waals surface area contributed by atoms with E-state index in [0.29, 0.717) is 51.2 Å². The van der Waals surface area contributed by atoms with Crippen LogP contribution in [0.2, 0.25) is 10.0 Å². The average molecular weight is 555 g/mol. The zero-order chi connectivity index (χ0) is 27.0. The Bertz CT molecular complexity index is 1350. The van der Waals surface area contributed by atoms with Gasteiger partial charge in [0.15, 0.2) is 29.7 Å². The van der Waals surface area contributed by atoms with E-state index >= 15 is 0 Å². The van der Waals surface area contributed by atoms with Crippen LogP contribution in [0.5, 0.6) is 11.5 Å². The van der Waals surface area contributed by atoms with Crippen molar-refractivity contribution in [1.82, 2.24) is 4.90 Å². The van der Waals surface area contributed by atoms with E-state index in [1.165, 1.54) is 7.11 Å². The van der Waals surface area contributed by atoms with Gasteiger partial charge in [-0.2, -0.15) is 0 Å². The highest BCUT2D eigenvalue weighted by Gasteiger charge is 2.42. The van der Waals surface area contributed by atoms with Crippen LogP contribution in [0.25, 0.3) is 0 Å². The van der Waals surface area contributed by atoms with Gasteiger partial charge in [0.25, 0.3) is 5.91 Å². The molecule has 0 fully saturated rings. The molecule has 5 rings (SSSR count). The molecule has 0 unspecified atom stereocenters. The second-order valence-electron chi connectivity index (χ2n) is 9.64. The first-order valence-corrected chi connectivity index (χ1v) is 13.4. The van der Waals surface area contributed by atoms with Crippen molar-refractivity contribution in [2.45, 2.75) is 44.4 Å². The number of nitrogens with one attached hydrogen (secondary N) is 1. The van der Waals surface area contributed by atoms with Gasteiger partial charge in [-0.3, -0.25) is 14.4 Å². The van der Waals surface area contributed by atoms with E-state index < -0.39 is 5.92 Å². The van der Waals surface area contributed by atoms with Gasteiger partial charge in [0, 0.05) is 54.0 Å². The standard InChI is InChI=1S/C29H28Cl2N2O5/c1-33-20-5-3-7-22(34)28(20)27(29-21(33)6-4-8-23(29)35)16-9-12-24(25(13-16)37-2)38-15-26(36)32-17-10-11-18(30)19(31)14-17/h9-14,27H,3-8,15H2,1-2H3,(H,32,36). The van der Waals surface area contributed by atoms with Gasteiger partial charge in [-0.25, -0.2) is 0 Å². The van der Waals surface area contributed by atoms with E-state index in [2.05, 4.69) is 10.2 Å². The van der Waals surface area contributed by atoms with Crippen LogP contribution in [0.3, 0.4) is 0 Å². The first kappa shape index (κ1) is 26.3. The van der Waals surface area contributed by atoms with Gasteiger partial charge in [0.05, 0.1) is 17.2 Å². The molecule has 1 aliphatic heterocycles. The van der Waals surface area contributed by atoms with Crippen LogP contribution in [0.1, 0.15) is 50.0 Å². The van der Waals surface area contributed by atoms with Crippen LogP contribution in [-0.2, 0) is 14.4 Å². The van der Waals surface area contributed by atoms with Gasteiger partial charge in [-0.1, -0.05) is 29.3 Å². The van der Waals surface area contributed by atoms with Crippen LogP contribution in [0.15, 0.2) is 58.9 Å². The first-order chi connectivity index (χ1) is 18.3. The fraction of sp³-hybridized carbons (Fsp3) is 0.345. The highest BCUT2D eigenvalue weighted by atomic mass is 35.5. The van der Waals surface area contributed by atoms with E-state index in [0.717, 1.165) is 42.6 Å². The Morgan fingerprint density at radius 2 is 1.58 bits per heavy atom. The molecular formula is C29H28Cl2N2O5. The zero-order valence-corrected chi connectivity index (χ0v) is 22.7. The molecule has 2 aromatic rings. The van der Waals surface area contributed by atoms with E-state index in [4.69, 9.17) is 32.7 Å². The summed E-state index contributed by atoms with van der Waals surface area (Å²) >= 11 is 11.9. The van der Waals surface area contributed by atoms with Crippen molar-refractivity contribution < 1.29 is 23.9 Å². The van der Waals surface area contributed by atoms with Crippen LogP contribution in [0.4, 0.5) is 5.69 Å². The summed E-state index contributed by atoms with van der Waals surface area (Å²) in [7, 11) is 3.49. The summed E-state index contributed by atoms with van der Waals surface area (Å²) in [6.07, 6.45) is 4.20. The van der Waals surface area contributed by atoms with Crippen molar-refractivity contribution in [3.05, 3.63) is 74.5 Å². The number of ketones is 2. The molecule has 0 radical (unpaired) electrons. The molecule has 0 saturated heterocycles. The maximum atomic E-state index is 13.2. The predicted octanol–water partition coefficient (Wildman–Crippen LogP) is 6.06. The summed E-state index contributed by atoms with van der Waals surface area (Å²) in [5.74, 6) is 0.159. The van der Waals surface area contributed by atoms with Crippen LogP contribution in [-0.4, -0.2) is 43.1 Å². The van der Waals surface area contributed by atoms with Crippen LogP contribution >= 0.6 is 23.2 Å². The molecule has 0 spiro atoms. The Hall–Kier alpha value is -3.29. The average Bonchev–Trinajstić information content (AvgIpc) is 2.91. The van der Waals surface area contributed by atoms with E-state index in [1.54, 1.807) is 30.3 Å². The molecule has 0 bridgehead atoms. The molecule has 7 nitrogen and oxygen atoms in total. The normalized spacial score (nSPS) is 17.8. The van der Waals surface area contributed by atoms with Gasteiger partial charge in [-0.15, -0.1) is 0 Å². The number of nitrogens with zero attached hydrogens (tertiary/aromatic N) is 1. The first-order valence-electron chi connectivity index (χ1n) is 12.6. The second kappa shape index (κ2) is 10.8. The number of methoxy groups -OCH3 is 1. The number of halogens is 2. The summed E-state index contributed by atoms with van der Waals surface area (Å²) in [6, 6.07) is 10.2. The van der Waals surface area contributed by atoms with E-state index in [1.807, 2.05) is 13.1 Å². The fourth-order valence-electron chi connectivity index (χ4n) is 5.58. The molecule has 2 aromatic carbocycles. The molecule has 1 N–H and O–H groups in total. The van der Waals surface area contributed by atoms with Crippen LogP contribution in [0, 0.1) is 0 Å². The quantitative estimate of drug-likeness (QED) is 0.467. The number of carbonyl (C=O) groups excluding carboxylic acids is 3. The fourth-order valence-corrected chi connectivity index (χ4v) is 5.88. The summed E-state index contributed by atoms with van der Waals surface area (Å²) < 4.78 is 11.4. The topological polar surface area (TPSA) is 84.9 Å². The molecule has 0 saturated carbocycles. The van der Waals surface area contributed by atoms with Gasteiger partial charge >= 0.3 is 0 Å². The minimum absolute atomic E-state index is 0.0892. The summed E-state index contributed by atoms with van der Waals surface area (Å²) in [5.41, 5.74) is 4.75. The summed E-state index contributed by atoms with van der Waals surface area (Å²) in [6.45, 7) is -0.258. The molecule has 0 aromatic heterocycles. The Labute approximate surface area is 231 Å². The van der Waals surface area contributed by atoms with Gasteiger partial charge in [0.2, 0.25) is 0 Å². The predicted molar refractivity (Wildman–Crippen MR) is 146 cm³/mol. The number of hydrogen-bond acceptors (Lipinski definition) is 6. The molecule has 198 valence electrons. The maximum Gasteiger partial charge on any atom is 0.262 e. The third kappa shape index (κ3) is 4.93. The molecule has 38 heavy (non-hydrogen) atoms. The molecule has 0 atom stereocenters. The third-order valence-corrected chi connectivity index (χ3v) is 8.07. The highest BCUT2D eigenvalue weighted by molar-refractivity contribution is 6.42. The lowest BCUT2D eigenvalue weighted by Crippen LogP contribution is -2.37. The molecule has 3 aliphatic rings. The van der Waals surface area contributed by atoms with Gasteiger partial charge in [-0.05, 0) is 61.6 Å². The third-order valence-electron chi connectivity index (χ3n) is 7.33. The van der Waals surface area contributed by atoms with Crippen LogP contribution < -0.4 is 14.8 Å². The van der Waals surface area contributed by atoms with Gasteiger partial charge < -0.3 is 19.7 Å². The minimum atomic E-state index is -0.433. The lowest BCUT2D eigenvalue weighted by Gasteiger charge is -2.42. The minimum Gasteiger partial charge on any atom is -0.493 e. The van der Waals surface area contributed by atoms with Crippen molar-refractivity contribution >= 4 is 46.4 Å². The second-order valence-corrected chi connectivity index (χ2v) is 10.5. The number of amides is 1. The number of rotatable bonds is 6.